The molecule has 0 aliphatic carbocycles. The fourth-order valence-electron chi connectivity index (χ4n) is 3.69. The summed E-state index contributed by atoms with van der Waals surface area (Å²) in [4.78, 5) is 42.7. The number of fused-ring (bicyclic) bond motifs is 1. The number of carbonyl (C=O) groups excluding carboxylic acids is 2. The molecule has 1 fully saturated rings. The Morgan fingerprint density at radius 1 is 1.24 bits per heavy atom. The summed E-state index contributed by atoms with van der Waals surface area (Å²) >= 11 is 0. The molecule has 0 spiro atoms. The Labute approximate surface area is 170 Å². The molecule has 1 unspecified atom stereocenters. The largest absolute Gasteiger partial charge is 0.481 e. The second-order valence-corrected chi connectivity index (χ2v) is 8.91. The molecule has 0 radical (unpaired) electrons. The number of H-pyrrole nitrogens is 1. The van der Waals surface area contributed by atoms with Crippen molar-refractivity contribution in [3.05, 3.63) is 35.5 Å². The zero-order chi connectivity index (χ0) is 21.3. The molecule has 7 nitrogen and oxygen atoms in total. The standard InChI is InChI=1S/C22H29N3O4/c1-22(2,3)16-8-7-14-10-18(23-17(14)11-16)20(27)24(4)13-19(26)25-9-5-6-15(12-25)21(28)29/h7-8,10-11,15,23H,5-6,9,12-13H2,1-4H3,(H,28,29). The quantitative estimate of drug-likeness (QED) is 0.827. The number of hydrogen-bond donors (Lipinski definition) is 2. The summed E-state index contributed by atoms with van der Waals surface area (Å²) in [7, 11) is 1.59. The molecule has 1 aromatic carbocycles. The van der Waals surface area contributed by atoms with Gasteiger partial charge in [-0.25, -0.2) is 0 Å². The number of piperidine rings is 1. The fraction of sp³-hybridized carbons (Fsp3) is 0.500. The van der Waals surface area contributed by atoms with Gasteiger partial charge in [-0.15, -0.1) is 0 Å². The Bertz CT molecular complexity index is 941. The molecular formula is C22H29N3O4. The average molecular weight is 399 g/mol. The van der Waals surface area contributed by atoms with Gasteiger partial charge in [0, 0.05) is 31.0 Å². The summed E-state index contributed by atoms with van der Waals surface area (Å²) in [6.45, 7) is 7.08. The first-order chi connectivity index (χ1) is 13.6. The van der Waals surface area contributed by atoms with Crippen LogP contribution in [0.3, 0.4) is 0 Å². The molecule has 0 bridgehead atoms. The lowest BCUT2D eigenvalue weighted by atomic mass is 9.87. The van der Waals surface area contributed by atoms with Crippen molar-refractivity contribution in [1.29, 1.82) is 0 Å². The number of hydrogen-bond acceptors (Lipinski definition) is 3. The minimum absolute atomic E-state index is 0.00887. The fourth-order valence-corrected chi connectivity index (χ4v) is 3.69. The highest BCUT2D eigenvalue weighted by Gasteiger charge is 2.29. The van der Waals surface area contributed by atoms with Gasteiger partial charge in [0.1, 0.15) is 5.69 Å². The SMILES string of the molecule is CN(CC(=O)N1CCCC(C(=O)O)C1)C(=O)c1cc2ccc(C(C)(C)C)cc2[nH]1. The Morgan fingerprint density at radius 2 is 1.97 bits per heavy atom. The molecule has 1 aliphatic rings. The molecule has 29 heavy (non-hydrogen) atoms. The number of aliphatic carboxylic acids is 1. The van der Waals surface area contributed by atoms with Crippen LogP contribution in [0.2, 0.25) is 0 Å². The lowest BCUT2D eigenvalue weighted by Gasteiger charge is -2.31. The smallest absolute Gasteiger partial charge is 0.308 e. The van der Waals surface area contributed by atoms with Gasteiger partial charge < -0.3 is 19.9 Å². The van der Waals surface area contributed by atoms with E-state index in [1.165, 1.54) is 10.5 Å². The summed E-state index contributed by atoms with van der Waals surface area (Å²) in [5, 5.41) is 10.1. The molecule has 3 rings (SSSR count). The Morgan fingerprint density at radius 3 is 2.62 bits per heavy atom. The highest BCUT2D eigenvalue weighted by atomic mass is 16.4. The molecule has 7 heteroatoms. The van der Waals surface area contributed by atoms with Gasteiger partial charge in [0.15, 0.2) is 0 Å². The van der Waals surface area contributed by atoms with Gasteiger partial charge in [0.05, 0.1) is 12.5 Å². The third-order valence-corrected chi connectivity index (χ3v) is 5.56. The van der Waals surface area contributed by atoms with Crippen molar-refractivity contribution in [2.75, 3.05) is 26.7 Å². The minimum atomic E-state index is -0.875. The van der Waals surface area contributed by atoms with Gasteiger partial charge >= 0.3 is 5.97 Å². The Hall–Kier alpha value is -2.83. The van der Waals surface area contributed by atoms with Gasteiger partial charge in [-0.2, -0.15) is 0 Å². The molecule has 2 heterocycles. The highest BCUT2D eigenvalue weighted by Crippen LogP contribution is 2.26. The van der Waals surface area contributed by atoms with E-state index in [-0.39, 0.29) is 30.3 Å². The maximum Gasteiger partial charge on any atom is 0.308 e. The van der Waals surface area contributed by atoms with Crippen LogP contribution >= 0.6 is 0 Å². The van der Waals surface area contributed by atoms with Gasteiger partial charge in [-0.05, 0) is 36.0 Å². The molecule has 1 aromatic heterocycles. The van der Waals surface area contributed by atoms with Gasteiger partial charge in [0.2, 0.25) is 5.91 Å². The molecule has 156 valence electrons. The van der Waals surface area contributed by atoms with E-state index in [0.717, 1.165) is 10.9 Å². The van der Waals surface area contributed by atoms with E-state index in [1.807, 2.05) is 6.07 Å². The maximum absolute atomic E-state index is 12.8. The van der Waals surface area contributed by atoms with Crippen LogP contribution in [0.1, 0.15) is 49.7 Å². The number of nitrogens with zero attached hydrogens (tertiary/aromatic N) is 2. The van der Waals surface area contributed by atoms with Crippen LogP contribution < -0.4 is 0 Å². The number of carbonyl (C=O) groups is 3. The summed E-state index contributed by atoms with van der Waals surface area (Å²) in [5.74, 6) is -1.89. The topological polar surface area (TPSA) is 93.7 Å². The number of rotatable bonds is 4. The van der Waals surface area contributed by atoms with E-state index in [1.54, 1.807) is 18.0 Å². The summed E-state index contributed by atoms with van der Waals surface area (Å²) in [6, 6.07) is 7.91. The lowest BCUT2D eigenvalue weighted by molar-refractivity contribution is -0.145. The van der Waals surface area contributed by atoms with Crippen molar-refractivity contribution in [3.63, 3.8) is 0 Å². The molecule has 1 atom stereocenters. The average Bonchev–Trinajstić information content (AvgIpc) is 3.09. The number of nitrogens with one attached hydrogen (secondary N) is 1. The van der Waals surface area contributed by atoms with Crippen LogP contribution in [0.15, 0.2) is 24.3 Å². The lowest BCUT2D eigenvalue weighted by Crippen LogP contribution is -2.46. The number of carboxylic acid groups (broad SMARTS) is 1. The molecular weight excluding hydrogens is 370 g/mol. The number of aromatic amines is 1. The summed E-state index contributed by atoms with van der Waals surface area (Å²) in [6.07, 6.45) is 1.25. The third-order valence-electron chi connectivity index (χ3n) is 5.56. The minimum Gasteiger partial charge on any atom is -0.481 e. The van der Waals surface area contributed by atoms with Crippen LogP contribution in [0.25, 0.3) is 10.9 Å². The van der Waals surface area contributed by atoms with Crippen LogP contribution in [-0.4, -0.2) is 64.4 Å². The van der Waals surface area contributed by atoms with E-state index in [9.17, 15) is 19.5 Å². The second kappa shape index (κ2) is 7.89. The van der Waals surface area contributed by atoms with Crippen LogP contribution in [0, 0.1) is 5.92 Å². The van der Waals surface area contributed by atoms with Crippen molar-refractivity contribution in [1.82, 2.24) is 14.8 Å². The predicted octanol–water partition coefficient (Wildman–Crippen LogP) is 2.86. The van der Waals surface area contributed by atoms with Crippen LogP contribution in [-0.2, 0) is 15.0 Å². The van der Waals surface area contributed by atoms with E-state index in [2.05, 4.69) is 37.9 Å². The van der Waals surface area contributed by atoms with Crippen molar-refractivity contribution >= 4 is 28.7 Å². The van der Waals surface area contributed by atoms with Crippen molar-refractivity contribution in [2.24, 2.45) is 5.92 Å². The highest BCUT2D eigenvalue weighted by molar-refractivity contribution is 5.99. The van der Waals surface area contributed by atoms with E-state index in [0.29, 0.717) is 25.1 Å². The molecule has 2 aromatic rings. The Kier molecular flexibility index (Phi) is 5.68. The normalized spacial score (nSPS) is 17.4. The summed E-state index contributed by atoms with van der Waals surface area (Å²) in [5.41, 5.74) is 2.51. The van der Waals surface area contributed by atoms with Crippen molar-refractivity contribution in [3.8, 4) is 0 Å². The number of benzene rings is 1. The van der Waals surface area contributed by atoms with E-state index >= 15 is 0 Å². The van der Waals surface area contributed by atoms with E-state index in [4.69, 9.17) is 0 Å². The Balaban J connectivity index is 1.69. The first-order valence-corrected chi connectivity index (χ1v) is 9.95. The number of carboxylic acids is 1. The summed E-state index contributed by atoms with van der Waals surface area (Å²) < 4.78 is 0. The van der Waals surface area contributed by atoms with Gasteiger partial charge in [0.25, 0.3) is 5.91 Å². The molecule has 2 N–H and O–H groups in total. The predicted molar refractivity (Wildman–Crippen MR) is 111 cm³/mol. The zero-order valence-electron chi connectivity index (χ0n) is 17.5. The van der Waals surface area contributed by atoms with Crippen molar-refractivity contribution in [2.45, 2.75) is 39.0 Å². The van der Waals surface area contributed by atoms with Crippen LogP contribution in [0.5, 0.6) is 0 Å². The molecule has 1 aliphatic heterocycles. The maximum atomic E-state index is 12.8. The van der Waals surface area contributed by atoms with Gasteiger partial charge in [-0.3, -0.25) is 14.4 Å². The number of likely N-dealkylation sites (N-methyl/N-ethyl adjacent to an activating group) is 1. The first-order valence-electron chi connectivity index (χ1n) is 9.95. The number of likely N-dealkylation sites (tertiary alicyclic amines) is 1. The van der Waals surface area contributed by atoms with Crippen molar-refractivity contribution < 1.29 is 19.5 Å². The zero-order valence-corrected chi connectivity index (χ0v) is 17.5. The number of aromatic nitrogens is 1. The molecule has 1 saturated heterocycles. The number of amides is 2. The van der Waals surface area contributed by atoms with Crippen LogP contribution in [0.4, 0.5) is 0 Å². The first kappa shape index (κ1) is 20.9. The van der Waals surface area contributed by atoms with Gasteiger partial charge in [-0.1, -0.05) is 32.9 Å². The second-order valence-electron chi connectivity index (χ2n) is 8.91. The monoisotopic (exact) mass is 399 g/mol. The molecule has 2 amide bonds. The third kappa shape index (κ3) is 4.60. The van der Waals surface area contributed by atoms with E-state index < -0.39 is 11.9 Å². The molecule has 0 saturated carbocycles.